The van der Waals surface area contributed by atoms with Gasteiger partial charge in [0.15, 0.2) is 12.3 Å². The molecule has 1 unspecified atom stereocenters. The van der Waals surface area contributed by atoms with Gasteiger partial charge in [-0.3, -0.25) is 9.59 Å². The van der Waals surface area contributed by atoms with E-state index in [1.54, 1.807) is 0 Å². The molecule has 3 aromatic carbocycles. The number of fused-ring (bicyclic) bond motifs is 2. The maximum absolute atomic E-state index is 11.8. The Hall–Kier alpha value is -4.96. The molecule has 1 atom stereocenters. The molecule has 2 heterocycles. The average molecular weight is 589 g/mol. The smallest absolute Gasteiger partial charge is 0.309 e. The van der Waals surface area contributed by atoms with Crippen LogP contribution < -0.4 is 4.90 Å². The van der Waals surface area contributed by atoms with E-state index in [1.807, 2.05) is 65.3 Å². The van der Waals surface area contributed by atoms with Crippen LogP contribution in [0.5, 0.6) is 0 Å². The van der Waals surface area contributed by atoms with E-state index in [4.69, 9.17) is 0 Å². The first-order valence-corrected chi connectivity index (χ1v) is 14.9. The van der Waals surface area contributed by atoms with Crippen molar-refractivity contribution in [1.82, 2.24) is 0 Å². The minimum absolute atomic E-state index is 0.0441. The summed E-state index contributed by atoms with van der Waals surface area (Å²) in [4.78, 5) is 25.4. The number of carbonyl (C=O) groups is 2. The van der Waals surface area contributed by atoms with Crippen molar-refractivity contribution in [3.63, 3.8) is 0 Å². The summed E-state index contributed by atoms with van der Waals surface area (Å²) in [6.45, 7) is 8.94. The molecule has 224 valence electrons. The summed E-state index contributed by atoms with van der Waals surface area (Å²) in [6.07, 6.45) is 4.34. The highest BCUT2D eigenvalue weighted by atomic mass is 16.4. The van der Waals surface area contributed by atoms with Gasteiger partial charge in [0.1, 0.15) is 6.42 Å². The molecule has 2 aliphatic rings. The molecule has 0 radical (unpaired) electrons. The van der Waals surface area contributed by atoms with Crippen molar-refractivity contribution in [3.05, 3.63) is 118 Å². The molecule has 0 bridgehead atoms. The minimum atomic E-state index is -0.888. The van der Waals surface area contributed by atoms with Crippen LogP contribution in [-0.2, 0) is 26.8 Å². The molecule has 0 saturated carbocycles. The number of hydrogen-bond donors (Lipinski definition) is 2. The van der Waals surface area contributed by atoms with Crippen LogP contribution in [0.15, 0.2) is 96.2 Å². The molecule has 7 heteroatoms. The molecule has 0 amide bonds. The van der Waals surface area contributed by atoms with E-state index >= 15 is 0 Å². The Bertz CT molecular complexity index is 1760. The van der Waals surface area contributed by atoms with Crippen LogP contribution in [-0.4, -0.2) is 45.5 Å². The zero-order valence-electron chi connectivity index (χ0n) is 25.7. The monoisotopic (exact) mass is 588 g/mol. The zero-order valence-corrected chi connectivity index (χ0v) is 25.7. The van der Waals surface area contributed by atoms with Gasteiger partial charge in [-0.25, -0.2) is 0 Å². The van der Waals surface area contributed by atoms with Gasteiger partial charge in [0.05, 0.1) is 23.5 Å². The predicted molar refractivity (Wildman–Crippen MR) is 172 cm³/mol. The first-order valence-electron chi connectivity index (χ1n) is 14.9. The Kier molecular flexibility index (Phi) is 8.29. The van der Waals surface area contributed by atoms with Gasteiger partial charge in [-0.1, -0.05) is 66.2 Å². The summed E-state index contributed by atoms with van der Waals surface area (Å²) in [5.41, 5.74) is 7.41. The lowest BCUT2D eigenvalue weighted by Crippen LogP contribution is -2.32. The van der Waals surface area contributed by atoms with Crippen molar-refractivity contribution < 1.29 is 24.4 Å². The number of aliphatic carboxylic acids is 2. The van der Waals surface area contributed by atoms with Crippen LogP contribution in [0.25, 0.3) is 0 Å². The third-order valence-electron chi connectivity index (χ3n) is 8.91. The van der Waals surface area contributed by atoms with Crippen molar-refractivity contribution >= 4 is 29.0 Å². The SMILES string of the molecule is Cc1ccc2c(c1)C(C)(Cc1ccccc1)C(=CC(C#N)=CC1=[N+](CCC(=O)O)c3ccccc3C1(C)C)N2CCC(=O)O. The number of aryl methyl sites for hydroxylation is 1. The molecule has 5 rings (SSSR count). The Morgan fingerprint density at radius 1 is 0.932 bits per heavy atom. The van der Waals surface area contributed by atoms with Crippen molar-refractivity contribution in [1.29, 1.82) is 5.26 Å². The summed E-state index contributed by atoms with van der Waals surface area (Å²) in [5.74, 6) is -1.77. The Labute approximate surface area is 258 Å². The lowest BCUT2D eigenvalue weighted by Gasteiger charge is -2.31. The lowest BCUT2D eigenvalue weighted by atomic mass is 9.75. The summed E-state index contributed by atoms with van der Waals surface area (Å²) in [5, 5.41) is 29.7. The molecule has 2 N–H and O–H groups in total. The number of rotatable bonds is 10. The predicted octanol–water partition coefficient (Wildman–Crippen LogP) is 6.68. The molecule has 0 aromatic heterocycles. The van der Waals surface area contributed by atoms with Crippen LogP contribution in [0.1, 0.15) is 55.9 Å². The second-order valence-corrected chi connectivity index (χ2v) is 12.4. The number of para-hydroxylation sites is 1. The highest BCUT2D eigenvalue weighted by Gasteiger charge is 2.46. The number of nitriles is 1. The third-order valence-corrected chi connectivity index (χ3v) is 8.91. The van der Waals surface area contributed by atoms with Crippen LogP contribution in [0.2, 0.25) is 0 Å². The summed E-state index contributed by atoms with van der Waals surface area (Å²) in [6, 6.07) is 26.8. The molecule has 0 aliphatic carbocycles. The van der Waals surface area contributed by atoms with Gasteiger partial charge in [-0.2, -0.15) is 9.84 Å². The van der Waals surface area contributed by atoms with Gasteiger partial charge in [0, 0.05) is 41.1 Å². The van der Waals surface area contributed by atoms with Crippen LogP contribution in [0, 0.1) is 18.3 Å². The van der Waals surface area contributed by atoms with Gasteiger partial charge in [0.2, 0.25) is 5.69 Å². The second-order valence-electron chi connectivity index (χ2n) is 12.4. The number of anilines is 1. The average Bonchev–Trinajstić information content (AvgIpc) is 3.34. The number of nitrogens with zero attached hydrogens (tertiary/aromatic N) is 3. The first kappa shape index (κ1) is 30.5. The fourth-order valence-corrected chi connectivity index (χ4v) is 6.72. The normalized spacial score (nSPS) is 19.6. The largest absolute Gasteiger partial charge is 0.481 e. The van der Waals surface area contributed by atoms with E-state index in [0.717, 1.165) is 45.0 Å². The Balaban J connectivity index is 1.71. The van der Waals surface area contributed by atoms with E-state index < -0.39 is 22.8 Å². The van der Waals surface area contributed by atoms with Crippen molar-refractivity contribution in [2.24, 2.45) is 0 Å². The number of benzene rings is 3. The van der Waals surface area contributed by atoms with Crippen molar-refractivity contribution in [2.75, 3.05) is 18.0 Å². The Morgan fingerprint density at radius 3 is 2.30 bits per heavy atom. The van der Waals surface area contributed by atoms with Gasteiger partial charge < -0.3 is 15.1 Å². The fourth-order valence-electron chi connectivity index (χ4n) is 6.72. The number of carboxylic acids is 2. The minimum Gasteiger partial charge on any atom is -0.481 e. The van der Waals surface area contributed by atoms with E-state index in [0.29, 0.717) is 12.0 Å². The van der Waals surface area contributed by atoms with Crippen LogP contribution >= 0.6 is 0 Å². The van der Waals surface area contributed by atoms with Gasteiger partial charge in [-0.15, -0.1) is 0 Å². The summed E-state index contributed by atoms with van der Waals surface area (Å²) < 4.78 is 2.01. The molecule has 44 heavy (non-hydrogen) atoms. The Morgan fingerprint density at radius 2 is 1.61 bits per heavy atom. The van der Waals surface area contributed by atoms with Gasteiger partial charge >= 0.3 is 11.9 Å². The quantitative estimate of drug-likeness (QED) is 0.202. The van der Waals surface area contributed by atoms with Gasteiger partial charge in [0.25, 0.3) is 0 Å². The maximum Gasteiger partial charge on any atom is 0.309 e. The topological polar surface area (TPSA) is 105 Å². The first-order chi connectivity index (χ1) is 21.0. The van der Waals surface area contributed by atoms with E-state index in [-0.39, 0.29) is 25.9 Å². The number of carboxylic acid groups (broad SMARTS) is 2. The number of hydrogen-bond acceptors (Lipinski definition) is 4. The maximum atomic E-state index is 11.8. The zero-order chi connectivity index (χ0) is 31.6. The van der Waals surface area contributed by atoms with Crippen molar-refractivity contribution in [3.8, 4) is 6.07 Å². The molecule has 0 spiro atoms. The molecule has 3 aromatic rings. The second kappa shape index (κ2) is 12.0. The summed E-state index contributed by atoms with van der Waals surface area (Å²) >= 11 is 0. The summed E-state index contributed by atoms with van der Waals surface area (Å²) in [7, 11) is 0. The van der Waals surface area contributed by atoms with Gasteiger partial charge in [-0.05, 0) is 57.4 Å². The van der Waals surface area contributed by atoms with Crippen LogP contribution in [0.4, 0.5) is 11.4 Å². The molecule has 2 aliphatic heterocycles. The molecular formula is C37H38N3O4+. The number of allylic oxidation sites excluding steroid dienone is 4. The third kappa shape index (κ3) is 5.68. The molecule has 0 saturated heterocycles. The lowest BCUT2D eigenvalue weighted by molar-refractivity contribution is -0.436. The van der Waals surface area contributed by atoms with Crippen LogP contribution in [0.3, 0.4) is 0 Å². The fraction of sp³-hybridized carbons (Fsp3) is 0.297. The molecular weight excluding hydrogens is 550 g/mol. The highest BCUT2D eigenvalue weighted by molar-refractivity contribution is 6.04. The highest BCUT2D eigenvalue weighted by Crippen LogP contribution is 2.50. The molecule has 7 nitrogen and oxygen atoms in total. The standard InChI is InChI=1S/C37H37N3O4/c1-25-14-15-31-29(20-25)37(4,23-26-10-6-5-7-11-26)33(40(31)19-17-35(43)44)22-27(24-38)21-32-36(2,3)28-12-8-9-13-30(28)39(32)18-16-34(41)42/h5-15,20-22H,16-19,23H2,1-4H3,(H-,41,42,43,44)/p+1. The van der Waals surface area contributed by atoms with Crippen molar-refractivity contribution in [2.45, 2.75) is 57.8 Å². The van der Waals surface area contributed by atoms with E-state index in [1.165, 1.54) is 0 Å². The van der Waals surface area contributed by atoms with E-state index in [9.17, 15) is 25.1 Å². The molecule has 0 fully saturated rings. The van der Waals surface area contributed by atoms with E-state index in [2.05, 4.69) is 62.9 Å².